The lowest BCUT2D eigenvalue weighted by atomic mass is 10.0. The molecule has 0 aliphatic heterocycles. The summed E-state index contributed by atoms with van der Waals surface area (Å²) in [5.74, 6) is -0.847. The summed E-state index contributed by atoms with van der Waals surface area (Å²) in [6.07, 6.45) is 72.3. The SMILES string of the molecule is CCCCCCC/C=C\CCCCCCCC(=O)OC(COC(=O)CCCCCCCCCCCCCCC)COC(=O)CCCCCCCCCCCCCCCCCCCCCCCCCCCCC. The van der Waals surface area contributed by atoms with Crippen molar-refractivity contribution in [3.05, 3.63) is 12.2 Å². The maximum Gasteiger partial charge on any atom is 0.306 e. The number of carbonyl (C=O) groups excluding carboxylic acids is 3. The molecule has 6 nitrogen and oxygen atoms in total. The van der Waals surface area contributed by atoms with Crippen molar-refractivity contribution in [2.45, 2.75) is 380 Å². The maximum absolute atomic E-state index is 12.9. The first-order chi connectivity index (χ1) is 35.5. The van der Waals surface area contributed by atoms with E-state index >= 15 is 0 Å². The van der Waals surface area contributed by atoms with E-state index in [0.717, 1.165) is 64.2 Å². The number of unbranched alkanes of at least 4 members (excludes halogenated alkanes) is 48. The van der Waals surface area contributed by atoms with E-state index in [-0.39, 0.29) is 31.1 Å². The molecule has 0 bridgehead atoms. The number of hydrogen-bond donors (Lipinski definition) is 0. The fraction of sp³-hybridized carbons (Fsp3) is 0.924. The molecule has 0 aromatic rings. The fourth-order valence-electron chi connectivity index (χ4n) is 10.1. The van der Waals surface area contributed by atoms with Gasteiger partial charge in [0.2, 0.25) is 0 Å². The van der Waals surface area contributed by atoms with E-state index in [1.165, 1.54) is 270 Å². The van der Waals surface area contributed by atoms with Gasteiger partial charge in [-0.05, 0) is 44.9 Å². The molecule has 426 valence electrons. The largest absolute Gasteiger partial charge is 0.462 e. The van der Waals surface area contributed by atoms with Crippen LogP contribution in [0.15, 0.2) is 12.2 Å². The average Bonchev–Trinajstić information content (AvgIpc) is 3.38. The molecule has 0 heterocycles. The molecular weight excluding hydrogens is 889 g/mol. The molecule has 0 aliphatic rings. The Bertz CT molecular complexity index is 1120. The molecular formula is C66H126O6. The van der Waals surface area contributed by atoms with Crippen LogP contribution in [0.25, 0.3) is 0 Å². The van der Waals surface area contributed by atoms with Crippen LogP contribution in [0.1, 0.15) is 374 Å². The first-order valence-electron chi connectivity index (χ1n) is 32.7. The molecule has 1 unspecified atom stereocenters. The van der Waals surface area contributed by atoms with Crippen LogP contribution in [-0.4, -0.2) is 37.2 Å². The highest BCUT2D eigenvalue weighted by atomic mass is 16.6. The number of esters is 3. The van der Waals surface area contributed by atoms with Crippen LogP contribution in [0.5, 0.6) is 0 Å². The van der Waals surface area contributed by atoms with Crippen LogP contribution < -0.4 is 0 Å². The second-order valence-electron chi connectivity index (χ2n) is 22.4. The first kappa shape index (κ1) is 70.1. The van der Waals surface area contributed by atoms with Gasteiger partial charge >= 0.3 is 17.9 Å². The average molecular weight is 1020 g/mol. The van der Waals surface area contributed by atoms with Crippen molar-refractivity contribution < 1.29 is 28.6 Å². The van der Waals surface area contributed by atoms with Gasteiger partial charge in [0.1, 0.15) is 13.2 Å². The monoisotopic (exact) mass is 1010 g/mol. The molecule has 1 atom stereocenters. The summed E-state index contributed by atoms with van der Waals surface area (Å²) in [7, 11) is 0. The van der Waals surface area contributed by atoms with E-state index < -0.39 is 6.10 Å². The van der Waals surface area contributed by atoms with Crippen molar-refractivity contribution in [1.29, 1.82) is 0 Å². The Hall–Kier alpha value is -1.85. The van der Waals surface area contributed by atoms with Crippen LogP contribution >= 0.6 is 0 Å². The van der Waals surface area contributed by atoms with Gasteiger partial charge in [0.25, 0.3) is 0 Å². The molecule has 0 aliphatic carbocycles. The van der Waals surface area contributed by atoms with Gasteiger partial charge in [-0.3, -0.25) is 14.4 Å². The van der Waals surface area contributed by atoms with Crippen LogP contribution in [-0.2, 0) is 28.6 Å². The van der Waals surface area contributed by atoms with Crippen molar-refractivity contribution >= 4 is 17.9 Å². The molecule has 0 radical (unpaired) electrons. The lowest BCUT2D eigenvalue weighted by Gasteiger charge is -2.18. The molecule has 0 aromatic carbocycles. The second-order valence-corrected chi connectivity index (χ2v) is 22.4. The van der Waals surface area contributed by atoms with E-state index in [4.69, 9.17) is 14.2 Å². The Morgan fingerprint density at radius 1 is 0.264 bits per heavy atom. The van der Waals surface area contributed by atoms with Crippen molar-refractivity contribution in [1.82, 2.24) is 0 Å². The highest BCUT2D eigenvalue weighted by Crippen LogP contribution is 2.18. The van der Waals surface area contributed by atoms with Crippen LogP contribution in [0, 0.1) is 0 Å². The number of hydrogen-bond acceptors (Lipinski definition) is 6. The van der Waals surface area contributed by atoms with Crippen molar-refractivity contribution in [3.63, 3.8) is 0 Å². The lowest BCUT2D eigenvalue weighted by molar-refractivity contribution is -0.167. The smallest absolute Gasteiger partial charge is 0.306 e. The van der Waals surface area contributed by atoms with Gasteiger partial charge in [0, 0.05) is 19.3 Å². The van der Waals surface area contributed by atoms with Crippen LogP contribution in [0.3, 0.4) is 0 Å². The van der Waals surface area contributed by atoms with Crippen molar-refractivity contribution in [2.75, 3.05) is 13.2 Å². The lowest BCUT2D eigenvalue weighted by Crippen LogP contribution is -2.30. The number of carbonyl (C=O) groups is 3. The zero-order chi connectivity index (χ0) is 52.2. The van der Waals surface area contributed by atoms with Gasteiger partial charge in [0.05, 0.1) is 0 Å². The first-order valence-corrected chi connectivity index (χ1v) is 32.7. The fourth-order valence-corrected chi connectivity index (χ4v) is 10.1. The topological polar surface area (TPSA) is 78.9 Å². The third-order valence-electron chi connectivity index (χ3n) is 15.0. The van der Waals surface area contributed by atoms with E-state index in [1.807, 2.05) is 0 Å². The highest BCUT2D eigenvalue weighted by Gasteiger charge is 2.19. The van der Waals surface area contributed by atoms with Crippen LogP contribution in [0.2, 0.25) is 0 Å². The number of ether oxygens (including phenoxy) is 3. The number of rotatable bonds is 61. The summed E-state index contributed by atoms with van der Waals surface area (Å²) in [6.45, 7) is 6.69. The van der Waals surface area contributed by atoms with Gasteiger partial charge in [-0.15, -0.1) is 0 Å². The molecule has 6 heteroatoms. The van der Waals surface area contributed by atoms with E-state index in [1.54, 1.807) is 0 Å². The van der Waals surface area contributed by atoms with E-state index in [0.29, 0.717) is 19.3 Å². The quantitative estimate of drug-likeness (QED) is 0.0261. The van der Waals surface area contributed by atoms with Crippen molar-refractivity contribution in [2.24, 2.45) is 0 Å². The molecule has 72 heavy (non-hydrogen) atoms. The Labute approximate surface area is 450 Å². The van der Waals surface area contributed by atoms with Crippen LogP contribution in [0.4, 0.5) is 0 Å². The Morgan fingerprint density at radius 2 is 0.458 bits per heavy atom. The maximum atomic E-state index is 12.9. The summed E-state index contributed by atoms with van der Waals surface area (Å²) in [4.78, 5) is 38.2. The van der Waals surface area contributed by atoms with Gasteiger partial charge in [0.15, 0.2) is 6.10 Å². The normalized spacial score (nSPS) is 12.0. The minimum Gasteiger partial charge on any atom is -0.462 e. The van der Waals surface area contributed by atoms with E-state index in [2.05, 4.69) is 32.9 Å². The Balaban J connectivity index is 4.14. The minimum absolute atomic E-state index is 0.0671. The predicted molar refractivity (Wildman–Crippen MR) is 312 cm³/mol. The third kappa shape index (κ3) is 59.0. The van der Waals surface area contributed by atoms with Gasteiger partial charge in [-0.25, -0.2) is 0 Å². The zero-order valence-corrected chi connectivity index (χ0v) is 49.0. The molecule has 0 amide bonds. The summed E-state index contributed by atoms with van der Waals surface area (Å²) in [6, 6.07) is 0. The third-order valence-corrected chi connectivity index (χ3v) is 15.0. The molecule has 0 N–H and O–H groups in total. The second kappa shape index (κ2) is 61.7. The van der Waals surface area contributed by atoms with Gasteiger partial charge in [-0.1, -0.05) is 322 Å². The summed E-state index contributed by atoms with van der Waals surface area (Å²) in [5.41, 5.74) is 0. The summed E-state index contributed by atoms with van der Waals surface area (Å²) < 4.78 is 16.9. The Morgan fingerprint density at radius 3 is 0.694 bits per heavy atom. The van der Waals surface area contributed by atoms with Gasteiger partial charge < -0.3 is 14.2 Å². The summed E-state index contributed by atoms with van der Waals surface area (Å²) >= 11 is 0. The highest BCUT2D eigenvalue weighted by molar-refractivity contribution is 5.71. The summed E-state index contributed by atoms with van der Waals surface area (Å²) in [5, 5.41) is 0. The Kier molecular flexibility index (Phi) is 60.1. The zero-order valence-electron chi connectivity index (χ0n) is 49.0. The predicted octanol–water partition coefficient (Wildman–Crippen LogP) is 22.1. The molecule has 0 saturated heterocycles. The van der Waals surface area contributed by atoms with Crippen molar-refractivity contribution in [3.8, 4) is 0 Å². The van der Waals surface area contributed by atoms with Gasteiger partial charge in [-0.2, -0.15) is 0 Å². The number of allylic oxidation sites excluding steroid dienone is 2. The molecule has 0 rings (SSSR count). The molecule has 0 spiro atoms. The van der Waals surface area contributed by atoms with E-state index in [9.17, 15) is 14.4 Å². The molecule has 0 saturated carbocycles. The molecule has 0 fully saturated rings. The minimum atomic E-state index is -0.769. The molecule has 0 aromatic heterocycles. The standard InChI is InChI=1S/C66H126O6/c1-4-7-10-13-16-19-22-25-27-28-29-30-31-32-33-34-35-36-37-38-39-42-44-47-50-53-56-59-65(68)71-62-63(61-70-64(67)58-55-52-49-46-43-40-24-21-18-15-12-9-6-3)72-66(69)60-57-54-51-48-45-41-26-23-20-17-14-11-8-5-2/h23,26,63H,4-22,24-25,27-62H2,1-3H3/b26-23-.